The number of ketones is 2. The maximum atomic E-state index is 10.9. The first-order chi connectivity index (χ1) is 5.18. The van der Waals surface area contributed by atoms with Crippen LogP contribution in [0.4, 0.5) is 0 Å². The molecule has 0 aliphatic heterocycles. The van der Waals surface area contributed by atoms with Gasteiger partial charge in [-0.15, -0.1) is 0 Å². The Morgan fingerprint density at radius 2 is 2.27 bits per heavy atom. The van der Waals surface area contributed by atoms with Crippen LogP contribution in [0.15, 0.2) is 11.6 Å². The first-order valence-corrected chi connectivity index (χ1v) is 3.90. The van der Waals surface area contributed by atoms with Crippen molar-refractivity contribution >= 4 is 11.6 Å². The number of carbonyl (C=O) groups excluding carboxylic acids is 2. The highest BCUT2D eigenvalue weighted by atomic mass is 16.1. The average Bonchev–Trinajstić information content (AvgIpc) is 1.85. The van der Waals surface area contributed by atoms with E-state index in [1.807, 2.05) is 0 Å². The molecule has 0 fully saturated rings. The molecule has 0 bridgehead atoms. The molecule has 0 N–H and O–H groups in total. The maximum absolute atomic E-state index is 10.9. The summed E-state index contributed by atoms with van der Waals surface area (Å²) in [6.07, 6.45) is 4.58. The second kappa shape index (κ2) is 3.46. The molecule has 0 aromatic carbocycles. The summed E-state index contributed by atoms with van der Waals surface area (Å²) in [5.41, 5.74) is 1.01. The van der Waals surface area contributed by atoms with Gasteiger partial charge in [-0.05, 0) is 25.8 Å². The van der Waals surface area contributed by atoms with E-state index < -0.39 is 0 Å². The zero-order valence-corrected chi connectivity index (χ0v) is 6.72. The molecule has 0 saturated heterocycles. The Balaban J connectivity index is 2.56. The van der Waals surface area contributed by atoms with Gasteiger partial charge in [-0.1, -0.05) is 5.57 Å². The van der Waals surface area contributed by atoms with Crippen LogP contribution in [0.2, 0.25) is 0 Å². The smallest absolute Gasteiger partial charge is 0.155 e. The number of rotatable bonds is 2. The fourth-order valence-corrected chi connectivity index (χ4v) is 1.32. The molecular formula is C9H12O2. The highest BCUT2D eigenvalue weighted by Gasteiger charge is 2.10. The summed E-state index contributed by atoms with van der Waals surface area (Å²) in [6, 6.07) is 0. The molecule has 1 rings (SSSR count). The lowest BCUT2D eigenvalue weighted by molar-refractivity contribution is -0.116. The Morgan fingerprint density at radius 3 is 2.82 bits per heavy atom. The third-order valence-electron chi connectivity index (χ3n) is 1.76. The third kappa shape index (κ3) is 2.66. The Bertz CT molecular complexity index is 214. The maximum Gasteiger partial charge on any atom is 0.155 e. The van der Waals surface area contributed by atoms with Crippen LogP contribution in [0.1, 0.15) is 32.6 Å². The Morgan fingerprint density at radius 1 is 1.55 bits per heavy atom. The zero-order valence-electron chi connectivity index (χ0n) is 6.72. The molecule has 0 unspecified atom stereocenters. The predicted octanol–water partition coefficient (Wildman–Crippen LogP) is 1.64. The third-order valence-corrected chi connectivity index (χ3v) is 1.76. The summed E-state index contributed by atoms with van der Waals surface area (Å²) < 4.78 is 0. The number of Topliss-reactive ketones (excluding diaryl/α,β-unsaturated/α-hetero) is 1. The Hall–Kier alpha value is -0.920. The summed E-state index contributed by atoms with van der Waals surface area (Å²) in [5, 5.41) is 0. The van der Waals surface area contributed by atoms with Crippen LogP contribution in [-0.4, -0.2) is 11.6 Å². The van der Waals surface area contributed by atoms with Gasteiger partial charge in [-0.3, -0.25) is 9.59 Å². The number of allylic oxidation sites excluding steroid dienone is 2. The van der Waals surface area contributed by atoms with Gasteiger partial charge in [0, 0.05) is 12.8 Å². The predicted molar refractivity (Wildman–Crippen MR) is 42.2 cm³/mol. The standard InChI is InChI=1S/C9H12O2/c1-7(10)5-8-3-2-4-9(11)6-8/h6H,2-5H2,1H3. The van der Waals surface area contributed by atoms with Gasteiger partial charge in [0.05, 0.1) is 0 Å². The average molecular weight is 152 g/mol. The summed E-state index contributed by atoms with van der Waals surface area (Å²) in [6.45, 7) is 1.56. The quantitative estimate of drug-likeness (QED) is 0.602. The summed E-state index contributed by atoms with van der Waals surface area (Å²) in [7, 11) is 0. The highest BCUT2D eigenvalue weighted by Crippen LogP contribution is 2.17. The molecule has 0 saturated carbocycles. The van der Waals surface area contributed by atoms with Crippen molar-refractivity contribution < 1.29 is 9.59 Å². The van der Waals surface area contributed by atoms with Crippen molar-refractivity contribution in [1.82, 2.24) is 0 Å². The lowest BCUT2D eigenvalue weighted by Gasteiger charge is -2.09. The van der Waals surface area contributed by atoms with Crippen molar-refractivity contribution in [2.45, 2.75) is 32.6 Å². The van der Waals surface area contributed by atoms with E-state index in [0.29, 0.717) is 12.8 Å². The van der Waals surface area contributed by atoms with Crippen LogP contribution in [0.5, 0.6) is 0 Å². The molecule has 1 aliphatic rings. The molecule has 2 heteroatoms. The van der Waals surface area contributed by atoms with Crippen molar-refractivity contribution in [3.8, 4) is 0 Å². The number of carbonyl (C=O) groups is 2. The zero-order chi connectivity index (χ0) is 8.27. The van der Waals surface area contributed by atoms with Crippen LogP contribution in [0.25, 0.3) is 0 Å². The van der Waals surface area contributed by atoms with E-state index in [9.17, 15) is 9.59 Å². The van der Waals surface area contributed by atoms with E-state index >= 15 is 0 Å². The van der Waals surface area contributed by atoms with Crippen LogP contribution in [0, 0.1) is 0 Å². The Kier molecular flexibility index (Phi) is 2.58. The van der Waals surface area contributed by atoms with E-state index in [-0.39, 0.29) is 11.6 Å². The summed E-state index contributed by atoms with van der Waals surface area (Å²) in [4.78, 5) is 21.5. The molecule has 11 heavy (non-hydrogen) atoms. The SMILES string of the molecule is CC(=O)CC1=CC(=O)CCC1. The monoisotopic (exact) mass is 152 g/mol. The minimum Gasteiger partial charge on any atom is -0.300 e. The summed E-state index contributed by atoms with van der Waals surface area (Å²) >= 11 is 0. The van der Waals surface area contributed by atoms with Crippen molar-refractivity contribution in [3.63, 3.8) is 0 Å². The minimum absolute atomic E-state index is 0.144. The molecule has 0 aromatic heterocycles. The molecule has 1 aliphatic carbocycles. The molecular weight excluding hydrogens is 140 g/mol. The largest absolute Gasteiger partial charge is 0.300 e. The van der Waals surface area contributed by atoms with E-state index in [1.54, 1.807) is 13.0 Å². The molecule has 2 nitrogen and oxygen atoms in total. The van der Waals surface area contributed by atoms with E-state index in [1.165, 1.54) is 0 Å². The van der Waals surface area contributed by atoms with Crippen LogP contribution >= 0.6 is 0 Å². The van der Waals surface area contributed by atoms with Gasteiger partial charge in [0.2, 0.25) is 0 Å². The Labute approximate surface area is 66.3 Å². The van der Waals surface area contributed by atoms with Crippen LogP contribution in [0.3, 0.4) is 0 Å². The van der Waals surface area contributed by atoms with Gasteiger partial charge in [-0.2, -0.15) is 0 Å². The van der Waals surface area contributed by atoms with E-state index in [0.717, 1.165) is 18.4 Å². The van der Waals surface area contributed by atoms with Crippen LogP contribution in [-0.2, 0) is 9.59 Å². The highest BCUT2D eigenvalue weighted by molar-refractivity contribution is 5.92. The van der Waals surface area contributed by atoms with Crippen molar-refractivity contribution in [3.05, 3.63) is 11.6 Å². The van der Waals surface area contributed by atoms with Crippen molar-refractivity contribution in [2.75, 3.05) is 0 Å². The number of hydrogen-bond acceptors (Lipinski definition) is 2. The van der Waals surface area contributed by atoms with Crippen molar-refractivity contribution in [2.24, 2.45) is 0 Å². The van der Waals surface area contributed by atoms with E-state index in [2.05, 4.69) is 0 Å². The fourth-order valence-electron chi connectivity index (χ4n) is 1.32. The van der Waals surface area contributed by atoms with Gasteiger partial charge < -0.3 is 0 Å². The molecule has 0 radical (unpaired) electrons. The molecule has 60 valence electrons. The summed E-state index contributed by atoms with van der Waals surface area (Å²) in [5.74, 6) is 0.318. The topological polar surface area (TPSA) is 34.1 Å². The minimum atomic E-state index is 0.144. The van der Waals surface area contributed by atoms with Gasteiger partial charge in [-0.25, -0.2) is 0 Å². The molecule has 0 aromatic rings. The second-order valence-electron chi connectivity index (χ2n) is 3.00. The first-order valence-electron chi connectivity index (χ1n) is 3.90. The number of hydrogen-bond donors (Lipinski definition) is 0. The second-order valence-corrected chi connectivity index (χ2v) is 3.00. The lowest BCUT2D eigenvalue weighted by atomic mass is 9.95. The van der Waals surface area contributed by atoms with Gasteiger partial charge in [0.15, 0.2) is 5.78 Å². The molecule has 0 heterocycles. The molecule has 0 amide bonds. The van der Waals surface area contributed by atoms with Gasteiger partial charge >= 0.3 is 0 Å². The molecule has 0 spiro atoms. The lowest BCUT2D eigenvalue weighted by Crippen LogP contribution is -2.05. The molecule has 0 atom stereocenters. The fraction of sp³-hybridized carbons (Fsp3) is 0.556. The first kappa shape index (κ1) is 8.18. The van der Waals surface area contributed by atoms with Crippen molar-refractivity contribution in [1.29, 1.82) is 0 Å². The van der Waals surface area contributed by atoms with E-state index in [4.69, 9.17) is 0 Å². The van der Waals surface area contributed by atoms with Gasteiger partial charge in [0.25, 0.3) is 0 Å². The normalized spacial score (nSPS) is 17.9. The van der Waals surface area contributed by atoms with Crippen LogP contribution < -0.4 is 0 Å². The van der Waals surface area contributed by atoms with Gasteiger partial charge in [0.1, 0.15) is 5.78 Å².